The molecule has 0 saturated heterocycles. The molecule has 144 valence electrons. The Labute approximate surface area is 168 Å². The molecule has 3 aromatic carbocycles. The molecule has 1 N–H and O–H groups in total. The SMILES string of the molecule is COc1ccc(C(NC(=O)CCSc2ccccc2F)c2ccccc2)cc1. The first kappa shape index (κ1) is 20.0. The van der Waals surface area contributed by atoms with Crippen LogP contribution in [-0.2, 0) is 4.79 Å². The number of rotatable bonds is 8. The molecule has 1 amide bonds. The average molecular weight is 395 g/mol. The summed E-state index contributed by atoms with van der Waals surface area (Å²) in [6, 6.07) is 23.8. The molecule has 1 unspecified atom stereocenters. The summed E-state index contributed by atoms with van der Waals surface area (Å²) < 4.78 is 18.9. The molecule has 0 aliphatic heterocycles. The van der Waals surface area contributed by atoms with E-state index in [0.717, 1.165) is 16.9 Å². The first-order valence-electron chi connectivity index (χ1n) is 9.03. The van der Waals surface area contributed by atoms with Gasteiger partial charge < -0.3 is 10.1 Å². The molecule has 1 atom stereocenters. The van der Waals surface area contributed by atoms with Crippen molar-refractivity contribution in [3.63, 3.8) is 0 Å². The minimum Gasteiger partial charge on any atom is -0.497 e. The summed E-state index contributed by atoms with van der Waals surface area (Å²) in [5, 5.41) is 3.10. The minimum atomic E-state index is -0.256. The first-order chi connectivity index (χ1) is 13.7. The van der Waals surface area contributed by atoms with E-state index in [4.69, 9.17) is 4.74 Å². The van der Waals surface area contributed by atoms with Gasteiger partial charge in [0.15, 0.2) is 0 Å². The van der Waals surface area contributed by atoms with Crippen molar-refractivity contribution < 1.29 is 13.9 Å². The molecular formula is C23H22FNO2S. The van der Waals surface area contributed by atoms with E-state index in [-0.39, 0.29) is 17.8 Å². The fraction of sp³-hybridized carbons (Fsp3) is 0.174. The standard InChI is InChI=1S/C23H22FNO2S/c1-27-19-13-11-18(12-14-19)23(17-7-3-2-4-8-17)25-22(26)15-16-28-21-10-6-5-9-20(21)24/h2-14,23H,15-16H2,1H3,(H,25,26). The zero-order chi connectivity index (χ0) is 19.8. The summed E-state index contributed by atoms with van der Waals surface area (Å²) in [6.45, 7) is 0. The Bertz CT molecular complexity index is 900. The van der Waals surface area contributed by atoms with Crippen molar-refractivity contribution in [1.29, 1.82) is 0 Å². The van der Waals surface area contributed by atoms with Crippen LogP contribution in [0.5, 0.6) is 5.75 Å². The zero-order valence-electron chi connectivity index (χ0n) is 15.6. The monoisotopic (exact) mass is 395 g/mol. The van der Waals surface area contributed by atoms with E-state index in [2.05, 4.69) is 5.32 Å². The van der Waals surface area contributed by atoms with Crippen LogP contribution in [0.1, 0.15) is 23.6 Å². The number of thioether (sulfide) groups is 1. The second-order valence-electron chi connectivity index (χ2n) is 6.21. The minimum absolute atomic E-state index is 0.0755. The van der Waals surface area contributed by atoms with Crippen molar-refractivity contribution in [3.05, 3.63) is 95.8 Å². The van der Waals surface area contributed by atoms with Crippen molar-refractivity contribution in [3.8, 4) is 5.75 Å². The second kappa shape index (κ2) is 9.95. The summed E-state index contributed by atoms with van der Waals surface area (Å²) in [7, 11) is 1.62. The van der Waals surface area contributed by atoms with Crippen LogP contribution in [0.2, 0.25) is 0 Å². The lowest BCUT2D eigenvalue weighted by atomic mass is 9.98. The predicted molar refractivity (Wildman–Crippen MR) is 111 cm³/mol. The highest BCUT2D eigenvalue weighted by atomic mass is 32.2. The van der Waals surface area contributed by atoms with Crippen molar-refractivity contribution in [2.24, 2.45) is 0 Å². The van der Waals surface area contributed by atoms with Gasteiger partial charge in [0.05, 0.1) is 13.2 Å². The third-order valence-corrected chi connectivity index (χ3v) is 5.36. The van der Waals surface area contributed by atoms with Crippen molar-refractivity contribution in [1.82, 2.24) is 5.32 Å². The molecule has 0 aliphatic carbocycles. The Balaban J connectivity index is 1.67. The molecule has 3 rings (SSSR count). The van der Waals surface area contributed by atoms with E-state index in [1.165, 1.54) is 17.8 Å². The van der Waals surface area contributed by atoms with Gasteiger partial charge >= 0.3 is 0 Å². The van der Waals surface area contributed by atoms with Gasteiger partial charge in [0, 0.05) is 17.1 Å². The average Bonchev–Trinajstić information content (AvgIpc) is 2.74. The molecule has 0 spiro atoms. The van der Waals surface area contributed by atoms with E-state index in [1.54, 1.807) is 25.3 Å². The summed E-state index contributed by atoms with van der Waals surface area (Å²) in [6.07, 6.45) is 0.304. The molecule has 0 aliphatic rings. The van der Waals surface area contributed by atoms with Crippen LogP contribution in [0.3, 0.4) is 0 Å². The lowest BCUT2D eigenvalue weighted by Gasteiger charge is -2.20. The highest BCUT2D eigenvalue weighted by Gasteiger charge is 2.17. The number of carbonyl (C=O) groups excluding carboxylic acids is 1. The number of hydrogen-bond acceptors (Lipinski definition) is 3. The third kappa shape index (κ3) is 5.36. The Morgan fingerprint density at radius 2 is 1.61 bits per heavy atom. The summed E-state index contributed by atoms with van der Waals surface area (Å²) in [5.41, 5.74) is 1.98. The lowest BCUT2D eigenvalue weighted by molar-refractivity contribution is -0.121. The Morgan fingerprint density at radius 1 is 0.964 bits per heavy atom. The molecule has 3 nitrogen and oxygen atoms in total. The molecule has 0 saturated carbocycles. The number of carbonyl (C=O) groups is 1. The summed E-state index contributed by atoms with van der Waals surface area (Å²) in [4.78, 5) is 13.1. The molecule has 0 heterocycles. The van der Waals surface area contributed by atoms with Crippen LogP contribution in [0.25, 0.3) is 0 Å². The molecule has 0 bridgehead atoms. The van der Waals surface area contributed by atoms with Gasteiger partial charge in [0.1, 0.15) is 11.6 Å². The normalized spacial score (nSPS) is 11.6. The van der Waals surface area contributed by atoms with Gasteiger partial charge in [0.2, 0.25) is 5.91 Å². The quantitative estimate of drug-likeness (QED) is 0.531. The summed E-state index contributed by atoms with van der Waals surface area (Å²) >= 11 is 1.35. The maximum Gasteiger partial charge on any atom is 0.221 e. The molecule has 0 fully saturated rings. The Hall–Kier alpha value is -2.79. The fourth-order valence-electron chi connectivity index (χ4n) is 2.85. The third-order valence-electron chi connectivity index (χ3n) is 4.31. The van der Waals surface area contributed by atoms with Gasteiger partial charge in [-0.1, -0.05) is 54.6 Å². The highest BCUT2D eigenvalue weighted by molar-refractivity contribution is 7.99. The summed E-state index contributed by atoms with van der Waals surface area (Å²) in [5.74, 6) is 0.946. The van der Waals surface area contributed by atoms with Crippen LogP contribution in [-0.4, -0.2) is 18.8 Å². The van der Waals surface area contributed by atoms with Gasteiger partial charge in [-0.05, 0) is 35.4 Å². The topological polar surface area (TPSA) is 38.3 Å². The van der Waals surface area contributed by atoms with Crippen LogP contribution >= 0.6 is 11.8 Å². The first-order valence-corrected chi connectivity index (χ1v) is 10.0. The number of methoxy groups -OCH3 is 1. The molecule has 0 aromatic heterocycles. The number of benzene rings is 3. The van der Waals surface area contributed by atoms with Crippen LogP contribution in [0.15, 0.2) is 83.8 Å². The smallest absolute Gasteiger partial charge is 0.221 e. The molecule has 3 aromatic rings. The van der Waals surface area contributed by atoms with Crippen LogP contribution in [0, 0.1) is 5.82 Å². The fourth-order valence-corrected chi connectivity index (χ4v) is 3.74. The van der Waals surface area contributed by atoms with Gasteiger partial charge in [0.25, 0.3) is 0 Å². The lowest BCUT2D eigenvalue weighted by Crippen LogP contribution is -2.29. The van der Waals surface area contributed by atoms with Crippen molar-refractivity contribution >= 4 is 17.7 Å². The number of nitrogens with one attached hydrogen (secondary N) is 1. The molecule has 5 heteroatoms. The van der Waals surface area contributed by atoms with Gasteiger partial charge in [-0.25, -0.2) is 4.39 Å². The Kier molecular flexibility index (Phi) is 7.09. The van der Waals surface area contributed by atoms with E-state index >= 15 is 0 Å². The molecule has 28 heavy (non-hydrogen) atoms. The Morgan fingerprint density at radius 3 is 2.29 bits per heavy atom. The second-order valence-corrected chi connectivity index (χ2v) is 7.35. The van der Waals surface area contributed by atoms with Gasteiger partial charge in [-0.15, -0.1) is 11.8 Å². The van der Waals surface area contributed by atoms with E-state index < -0.39 is 0 Å². The van der Waals surface area contributed by atoms with Crippen molar-refractivity contribution in [2.75, 3.05) is 12.9 Å². The number of amides is 1. The van der Waals surface area contributed by atoms with Crippen molar-refractivity contribution in [2.45, 2.75) is 17.4 Å². The van der Waals surface area contributed by atoms with Gasteiger partial charge in [-0.3, -0.25) is 4.79 Å². The van der Waals surface area contributed by atoms with E-state index in [9.17, 15) is 9.18 Å². The van der Waals surface area contributed by atoms with Gasteiger partial charge in [-0.2, -0.15) is 0 Å². The van der Waals surface area contributed by atoms with Crippen LogP contribution in [0.4, 0.5) is 4.39 Å². The van der Waals surface area contributed by atoms with E-state index in [0.29, 0.717) is 17.1 Å². The molecule has 0 radical (unpaired) electrons. The number of ether oxygens (including phenoxy) is 1. The maximum atomic E-state index is 13.7. The predicted octanol–water partition coefficient (Wildman–Crippen LogP) is 5.22. The van der Waals surface area contributed by atoms with Crippen LogP contribution < -0.4 is 10.1 Å². The maximum absolute atomic E-state index is 13.7. The highest BCUT2D eigenvalue weighted by Crippen LogP contribution is 2.25. The number of hydrogen-bond donors (Lipinski definition) is 1. The number of halogens is 1. The zero-order valence-corrected chi connectivity index (χ0v) is 16.4. The molecular weight excluding hydrogens is 373 g/mol. The largest absolute Gasteiger partial charge is 0.497 e. The van der Waals surface area contributed by atoms with E-state index in [1.807, 2.05) is 54.6 Å².